The Balaban J connectivity index is 2.22. The molecule has 0 radical (unpaired) electrons. The molecule has 2 rings (SSSR count). The Morgan fingerprint density at radius 1 is 1.35 bits per heavy atom. The highest BCUT2D eigenvalue weighted by Crippen LogP contribution is 2.21. The third-order valence-corrected chi connectivity index (χ3v) is 3.46. The van der Waals surface area contributed by atoms with Crippen LogP contribution in [0.1, 0.15) is 25.6 Å². The van der Waals surface area contributed by atoms with E-state index in [4.69, 9.17) is 21.4 Å². The molecule has 0 bridgehead atoms. The number of rotatable bonds is 8. The molecule has 0 aliphatic heterocycles. The second-order valence-corrected chi connectivity index (χ2v) is 5.13. The van der Waals surface area contributed by atoms with Crippen LogP contribution >= 0.6 is 11.6 Å². The average molecular weight is 297 g/mol. The zero-order valence-electron chi connectivity index (χ0n) is 11.8. The second-order valence-electron chi connectivity index (χ2n) is 4.69. The number of fused-ring (bicyclic) bond motifs is 1. The van der Waals surface area contributed by atoms with E-state index < -0.39 is 0 Å². The third kappa shape index (κ3) is 3.72. The summed E-state index contributed by atoms with van der Waals surface area (Å²) in [5.74, 6) is 1.01. The van der Waals surface area contributed by atoms with Crippen LogP contribution in [0.2, 0.25) is 5.02 Å². The van der Waals surface area contributed by atoms with Gasteiger partial charge in [0, 0.05) is 37.8 Å². The quantitative estimate of drug-likeness (QED) is 0.762. The van der Waals surface area contributed by atoms with E-state index in [9.17, 15) is 0 Å². The van der Waals surface area contributed by atoms with Gasteiger partial charge in [-0.3, -0.25) is 0 Å². The number of imidazole rings is 1. The highest BCUT2D eigenvalue weighted by atomic mass is 35.5. The number of aromatic nitrogens is 2. The van der Waals surface area contributed by atoms with E-state index in [2.05, 4.69) is 9.55 Å². The van der Waals surface area contributed by atoms with E-state index in [-0.39, 0.29) is 6.61 Å². The van der Waals surface area contributed by atoms with Crippen molar-refractivity contribution in [2.24, 2.45) is 0 Å². The van der Waals surface area contributed by atoms with Gasteiger partial charge in [-0.1, -0.05) is 11.6 Å². The average Bonchev–Trinajstić information content (AvgIpc) is 2.78. The first-order valence-electron chi connectivity index (χ1n) is 7.09. The molecular weight excluding hydrogens is 276 g/mol. The smallest absolute Gasteiger partial charge is 0.109 e. The molecule has 110 valence electrons. The molecule has 1 aromatic heterocycles. The van der Waals surface area contributed by atoms with Crippen molar-refractivity contribution in [3.63, 3.8) is 0 Å². The maximum absolute atomic E-state index is 9.01. The molecule has 0 fully saturated rings. The minimum Gasteiger partial charge on any atom is -0.396 e. The van der Waals surface area contributed by atoms with E-state index in [1.54, 1.807) is 0 Å². The second kappa shape index (κ2) is 7.62. The third-order valence-electron chi connectivity index (χ3n) is 3.22. The van der Waals surface area contributed by atoms with Crippen molar-refractivity contribution in [1.82, 2.24) is 9.55 Å². The van der Waals surface area contributed by atoms with E-state index in [0.29, 0.717) is 5.02 Å². The number of hydrogen-bond donors (Lipinski definition) is 1. The summed E-state index contributed by atoms with van der Waals surface area (Å²) < 4.78 is 7.60. The van der Waals surface area contributed by atoms with E-state index in [1.165, 1.54) is 0 Å². The van der Waals surface area contributed by atoms with Crippen molar-refractivity contribution in [1.29, 1.82) is 0 Å². The van der Waals surface area contributed by atoms with Gasteiger partial charge in [-0.2, -0.15) is 0 Å². The Bertz CT molecular complexity index is 554. The molecule has 0 unspecified atom stereocenters. The number of benzene rings is 1. The van der Waals surface area contributed by atoms with Crippen LogP contribution in [0.4, 0.5) is 0 Å². The molecule has 0 amide bonds. The van der Waals surface area contributed by atoms with Crippen molar-refractivity contribution in [3.8, 4) is 0 Å². The first kappa shape index (κ1) is 15.3. The van der Waals surface area contributed by atoms with Crippen LogP contribution in [0, 0.1) is 0 Å². The first-order valence-corrected chi connectivity index (χ1v) is 7.47. The summed E-state index contributed by atoms with van der Waals surface area (Å²) in [5.41, 5.74) is 2.01. The molecule has 0 saturated heterocycles. The lowest BCUT2D eigenvalue weighted by molar-refractivity contribution is 0.141. The molecule has 2 aromatic rings. The van der Waals surface area contributed by atoms with Crippen LogP contribution in [0.3, 0.4) is 0 Å². The predicted molar refractivity (Wildman–Crippen MR) is 81.3 cm³/mol. The minimum atomic E-state index is 0.183. The Hall–Kier alpha value is -1.10. The maximum Gasteiger partial charge on any atom is 0.109 e. The van der Waals surface area contributed by atoms with Crippen LogP contribution in [0.25, 0.3) is 11.0 Å². The SMILES string of the molecule is CCOCCCn1c(CCCO)nc2cc(Cl)ccc21. The number of aryl methyl sites for hydroxylation is 2. The number of aliphatic hydroxyl groups is 1. The number of nitrogens with zero attached hydrogens (tertiary/aromatic N) is 2. The van der Waals surface area contributed by atoms with E-state index >= 15 is 0 Å². The van der Waals surface area contributed by atoms with E-state index in [1.807, 2.05) is 25.1 Å². The molecular formula is C15H21ClN2O2. The molecule has 0 spiro atoms. The highest BCUT2D eigenvalue weighted by Gasteiger charge is 2.10. The molecule has 4 nitrogen and oxygen atoms in total. The van der Waals surface area contributed by atoms with Gasteiger partial charge < -0.3 is 14.4 Å². The molecule has 0 aliphatic rings. The zero-order valence-corrected chi connectivity index (χ0v) is 12.6. The highest BCUT2D eigenvalue weighted by molar-refractivity contribution is 6.31. The molecule has 20 heavy (non-hydrogen) atoms. The predicted octanol–water partition coefficient (Wildman–Crippen LogP) is 3.04. The Morgan fingerprint density at radius 2 is 2.20 bits per heavy atom. The molecule has 1 N–H and O–H groups in total. The van der Waals surface area contributed by atoms with Crippen molar-refractivity contribution < 1.29 is 9.84 Å². The van der Waals surface area contributed by atoms with Crippen molar-refractivity contribution in [2.45, 2.75) is 32.7 Å². The normalized spacial score (nSPS) is 11.3. The van der Waals surface area contributed by atoms with Crippen LogP contribution < -0.4 is 0 Å². The monoisotopic (exact) mass is 296 g/mol. The van der Waals surface area contributed by atoms with Gasteiger partial charge in [0.25, 0.3) is 0 Å². The van der Waals surface area contributed by atoms with Gasteiger partial charge in [0.15, 0.2) is 0 Å². The summed E-state index contributed by atoms with van der Waals surface area (Å²) in [6, 6.07) is 5.78. The van der Waals surface area contributed by atoms with Crippen molar-refractivity contribution >= 4 is 22.6 Å². The van der Waals surface area contributed by atoms with Gasteiger partial charge in [0.05, 0.1) is 11.0 Å². The van der Waals surface area contributed by atoms with Crippen LogP contribution in [0.5, 0.6) is 0 Å². The summed E-state index contributed by atoms with van der Waals surface area (Å²) in [6.45, 7) is 4.56. The molecule has 0 atom stereocenters. The number of hydrogen-bond acceptors (Lipinski definition) is 3. The van der Waals surface area contributed by atoms with Crippen LogP contribution in [0.15, 0.2) is 18.2 Å². The fourth-order valence-electron chi connectivity index (χ4n) is 2.30. The Kier molecular flexibility index (Phi) is 5.83. The molecule has 5 heteroatoms. The van der Waals surface area contributed by atoms with Gasteiger partial charge in [-0.05, 0) is 38.0 Å². The summed E-state index contributed by atoms with van der Waals surface area (Å²) in [4.78, 5) is 4.64. The van der Waals surface area contributed by atoms with Crippen molar-refractivity contribution in [3.05, 3.63) is 29.0 Å². The largest absolute Gasteiger partial charge is 0.396 e. The Labute approximate surface area is 124 Å². The van der Waals surface area contributed by atoms with Gasteiger partial charge in [0.2, 0.25) is 0 Å². The van der Waals surface area contributed by atoms with Crippen LogP contribution in [-0.2, 0) is 17.7 Å². The number of halogens is 1. The zero-order chi connectivity index (χ0) is 14.4. The van der Waals surface area contributed by atoms with E-state index in [0.717, 1.165) is 55.9 Å². The summed E-state index contributed by atoms with van der Waals surface area (Å²) in [6.07, 6.45) is 2.45. The molecule has 0 aliphatic carbocycles. The standard InChI is InChI=1S/C15H21ClN2O2/c1-2-20-10-4-8-18-14-7-6-12(16)11-13(14)17-15(18)5-3-9-19/h6-7,11,19H,2-5,8-10H2,1H3. The van der Waals surface area contributed by atoms with Gasteiger partial charge in [-0.25, -0.2) is 4.98 Å². The fourth-order valence-corrected chi connectivity index (χ4v) is 2.47. The summed E-state index contributed by atoms with van der Waals surface area (Å²) in [7, 11) is 0. The lowest BCUT2D eigenvalue weighted by Crippen LogP contribution is -2.07. The molecule has 1 aromatic carbocycles. The van der Waals surface area contributed by atoms with Crippen molar-refractivity contribution in [2.75, 3.05) is 19.8 Å². The first-order chi connectivity index (χ1) is 9.76. The number of aliphatic hydroxyl groups excluding tert-OH is 1. The van der Waals surface area contributed by atoms with Gasteiger partial charge >= 0.3 is 0 Å². The summed E-state index contributed by atoms with van der Waals surface area (Å²) >= 11 is 6.02. The molecule has 0 saturated carbocycles. The minimum absolute atomic E-state index is 0.183. The topological polar surface area (TPSA) is 47.3 Å². The van der Waals surface area contributed by atoms with Crippen LogP contribution in [-0.4, -0.2) is 34.5 Å². The lowest BCUT2D eigenvalue weighted by Gasteiger charge is -2.09. The summed E-state index contributed by atoms with van der Waals surface area (Å²) in [5, 5.41) is 9.70. The maximum atomic E-state index is 9.01. The Morgan fingerprint density at radius 3 is 2.95 bits per heavy atom. The fraction of sp³-hybridized carbons (Fsp3) is 0.533. The number of ether oxygens (including phenoxy) is 1. The van der Waals surface area contributed by atoms with Gasteiger partial charge in [0.1, 0.15) is 5.82 Å². The lowest BCUT2D eigenvalue weighted by atomic mass is 10.3. The molecule has 1 heterocycles. The van der Waals surface area contributed by atoms with Gasteiger partial charge in [-0.15, -0.1) is 0 Å².